The van der Waals surface area contributed by atoms with E-state index in [1.54, 1.807) is 18.2 Å². The summed E-state index contributed by atoms with van der Waals surface area (Å²) >= 11 is 0. The Morgan fingerprint density at radius 3 is 3.00 bits per heavy atom. The summed E-state index contributed by atoms with van der Waals surface area (Å²) in [7, 11) is 0. The van der Waals surface area contributed by atoms with Crippen molar-refractivity contribution < 1.29 is 13.9 Å². The average Bonchev–Trinajstić information content (AvgIpc) is 2.81. The van der Waals surface area contributed by atoms with Crippen LogP contribution in [0.2, 0.25) is 0 Å². The molecule has 0 saturated heterocycles. The molecular formula is C13H18O3. The first-order chi connectivity index (χ1) is 7.77. The number of furan rings is 1. The Morgan fingerprint density at radius 1 is 1.62 bits per heavy atom. The number of esters is 1. The monoisotopic (exact) mass is 222 g/mol. The topological polar surface area (TPSA) is 39.4 Å². The average molecular weight is 222 g/mol. The van der Waals surface area contributed by atoms with Crippen LogP contribution in [-0.4, -0.2) is 12.1 Å². The Kier molecular flexibility index (Phi) is 5.40. The van der Waals surface area contributed by atoms with E-state index in [0.29, 0.717) is 0 Å². The fourth-order valence-corrected chi connectivity index (χ4v) is 1.41. The minimum Gasteiger partial charge on any atom is -0.457 e. The van der Waals surface area contributed by atoms with E-state index in [0.717, 1.165) is 25.7 Å². The Balaban J connectivity index is 2.38. The van der Waals surface area contributed by atoms with Gasteiger partial charge in [0.2, 0.25) is 5.76 Å². The molecule has 0 radical (unpaired) electrons. The quantitative estimate of drug-likeness (QED) is 0.402. The summed E-state index contributed by atoms with van der Waals surface area (Å²) in [6.07, 6.45) is 7.05. The van der Waals surface area contributed by atoms with Crippen LogP contribution in [0.3, 0.4) is 0 Å². The molecule has 0 aliphatic heterocycles. The van der Waals surface area contributed by atoms with Crippen LogP contribution in [-0.2, 0) is 4.74 Å². The number of carbonyl (C=O) groups is 1. The normalized spacial score (nSPS) is 12.1. The molecule has 0 aromatic carbocycles. The summed E-state index contributed by atoms with van der Waals surface area (Å²) in [5.41, 5.74) is 0. The summed E-state index contributed by atoms with van der Waals surface area (Å²) in [5.74, 6) is -0.186. The van der Waals surface area contributed by atoms with Crippen molar-refractivity contribution in [2.24, 2.45) is 0 Å². The minimum absolute atomic E-state index is 0.218. The number of rotatable bonds is 7. The zero-order valence-corrected chi connectivity index (χ0v) is 9.65. The van der Waals surface area contributed by atoms with E-state index in [1.165, 1.54) is 6.26 Å². The van der Waals surface area contributed by atoms with Gasteiger partial charge in [0.1, 0.15) is 6.10 Å². The van der Waals surface area contributed by atoms with Gasteiger partial charge < -0.3 is 9.15 Å². The second kappa shape index (κ2) is 6.88. The number of ether oxygens (including phenoxy) is 1. The fraction of sp³-hybridized carbons (Fsp3) is 0.462. The third-order valence-electron chi connectivity index (χ3n) is 2.34. The third-order valence-corrected chi connectivity index (χ3v) is 2.34. The summed E-state index contributed by atoms with van der Waals surface area (Å²) in [5, 5.41) is 0. The van der Waals surface area contributed by atoms with Crippen LogP contribution in [0.15, 0.2) is 35.5 Å². The first-order valence-corrected chi connectivity index (χ1v) is 5.65. The van der Waals surface area contributed by atoms with Gasteiger partial charge in [-0.1, -0.05) is 32.4 Å². The highest BCUT2D eigenvalue weighted by molar-refractivity contribution is 5.86. The third kappa shape index (κ3) is 3.93. The summed E-state index contributed by atoms with van der Waals surface area (Å²) in [6.45, 7) is 5.80. The maximum Gasteiger partial charge on any atom is 0.374 e. The van der Waals surface area contributed by atoms with Crippen molar-refractivity contribution in [3.63, 3.8) is 0 Å². The van der Waals surface area contributed by atoms with Crippen LogP contribution < -0.4 is 0 Å². The summed E-state index contributed by atoms with van der Waals surface area (Å²) < 4.78 is 10.2. The van der Waals surface area contributed by atoms with Crippen molar-refractivity contribution in [2.45, 2.75) is 38.7 Å². The lowest BCUT2D eigenvalue weighted by Crippen LogP contribution is -2.15. The van der Waals surface area contributed by atoms with Crippen LogP contribution in [0, 0.1) is 0 Å². The SMILES string of the molecule is C=CC(CCCCC)OC(=O)c1ccco1. The predicted octanol–water partition coefficient (Wildman–Crippen LogP) is 3.57. The van der Waals surface area contributed by atoms with Crippen molar-refractivity contribution in [1.82, 2.24) is 0 Å². The van der Waals surface area contributed by atoms with E-state index in [2.05, 4.69) is 13.5 Å². The summed E-state index contributed by atoms with van der Waals surface area (Å²) in [4.78, 5) is 11.5. The molecule has 1 aromatic heterocycles. The van der Waals surface area contributed by atoms with Gasteiger partial charge in [-0.15, -0.1) is 0 Å². The van der Waals surface area contributed by atoms with Gasteiger partial charge in [0.05, 0.1) is 6.26 Å². The van der Waals surface area contributed by atoms with Crippen molar-refractivity contribution in [1.29, 1.82) is 0 Å². The van der Waals surface area contributed by atoms with Crippen molar-refractivity contribution >= 4 is 5.97 Å². The molecule has 0 N–H and O–H groups in total. The van der Waals surface area contributed by atoms with Gasteiger partial charge in [0.25, 0.3) is 0 Å². The molecule has 0 bridgehead atoms. The van der Waals surface area contributed by atoms with Crippen LogP contribution >= 0.6 is 0 Å². The van der Waals surface area contributed by atoms with E-state index in [9.17, 15) is 4.79 Å². The number of unbranched alkanes of at least 4 members (excludes halogenated alkanes) is 2. The maximum absolute atomic E-state index is 11.5. The highest BCUT2D eigenvalue weighted by atomic mass is 16.6. The predicted molar refractivity (Wildman–Crippen MR) is 62.3 cm³/mol. The molecule has 0 amide bonds. The van der Waals surface area contributed by atoms with Crippen LogP contribution in [0.1, 0.15) is 43.2 Å². The molecule has 0 fully saturated rings. The van der Waals surface area contributed by atoms with E-state index >= 15 is 0 Å². The molecule has 0 aliphatic rings. The van der Waals surface area contributed by atoms with Crippen molar-refractivity contribution in [3.05, 3.63) is 36.8 Å². The molecule has 16 heavy (non-hydrogen) atoms. The Labute approximate surface area is 96.1 Å². The van der Waals surface area contributed by atoms with Gasteiger partial charge >= 0.3 is 5.97 Å². The highest BCUT2D eigenvalue weighted by Crippen LogP contribution is 2.11. The van der Waals surface area contributed by atoms with Gasteiger partial charge in [-0.05, 0) is 25.0 Å². The molecule has 3 heteroatoms. The highest BCUT2D eigenvalue weighted by Gasteiger charge is 2.14. The molecule has 1 heterocycles. The molecule has 0 spiro atoms. The second-order valence-electron chi connectivity index (χ2n) is 3.65. The smallest absolute Gasteiger partial charge is 0.374 e. The molecule has 1 unspecified atom stereocenters. The molecule has 1 aromatic rings. The first kappa shape index (κ1) is 12.6. The number of carbonyl (C=O) groups excluding carboxylic acids is 1. The zero-order valence-electron chi connectivity index (χ0n) is 9.65. The second-order valence-corrected chi connectivity index (χ2v) is 3.65. The lowest BCUT2D eigenvalue weighted by Gasteiger charge is -2.12. The van der Waals surface area contributed by atoms with E-state index in [-0.39, 0.29) is 11.9 Å². The van der Waals surface area contributed by atoms with E-state index in [1.807, 2.05) is 0 Å². The Bertz CT molecular complexity index is 314. The van der Waals surface area contributed by atoms with Gasteiger partial charge in [0.15, 0.2) is 0 Å². The zero-order chi connectivity index (χ0) is 11.8. The Hall–Kier alpha value is -1.51. The molecular weight excluding hydrogens is 204 g/mol. The fourth-order valence-electron chi connectivity index (χ4n) is 1.41. The van der Waals surface area contributed by atoms with Crippen molar-refractivity contribution in [2.75, 3.05) is 0 Å². The molecule has 0 saturated carbocycles. The molecule has 1 rings (SSSR count). The lowest BCUT2D eigenvalue weighted by molar-refractivity contribution is 0.0340. The van der Waals surface area contributed by atoms with Gasteiger partial charge in [-0.2, -0.15) is 0 Å². The van der Waals surface area contributed by atoms with Crippen molar-refractivity contribution in [3.8, 4) is 0 Å². The standard InChI is InChI=1S/C13H18O3/c1-3-5-6-8-11(4-2)16-13(14)12-9-7-10-15-12/h4,7,9-11H,2-3,5-6,8H2,1H3. The van der Waals surface area contributed by atoms with E-state index in [4.69, 9.17) is 9.15 Å². The van der Waals surface area contributed by atoms with Crippen LogP contribution in [0.25, 0.3) is 0 Å². The van der Waals surface area contributed by atoms with Gasteiger partial charge in [-0.25, -0.2) is 4.79 Å². The maximum atomic E-state index is 11.5. The molecule has 0 aliphatic carbocycles. The van der Waals surface area contributed by atoms with Crippen LogP contribution in [0.5, 0.6) is 0 Å². The summed E-state index contributed by atoms with van der Waals surface area (Å²) in [6, 6.07) is 3.26. The van der Waals surface area contributed by atoms with Gasteiger partial charge in [0, 0.05) is 0 Å². The minimum atomic E-state index is -0.425. The number of hydrogen-bond donors (Lipinski definition) is 0. The lowest BCUT2D eigenvalue weighted by atomic mass is 10.1. The van der Waals surface area contributed by atoms with Crippen LogP contribution in [0.4, 0.5) is 0 Å². The molecule has 88 valence electrons. The molecule has 3 nitrogen and oxygen atoms in total. The first-order valence-electron chi connectivity index (χ1n) is 5.65. The largest absolute Gasteiger partial charge is 0.457 e. The number of hydrogen-bond acceptors (Lipinski definition) is 3. The van der Waals surface area contributed by atoms with Gasteiger partial charge in [-0.3, -0.25) is 0 Å². The Morgan fingerprint density at radius 2 is 2.44 bits per heavy atom. The molecule has 1 atom stereocenters. The van der Waals surface area contributed by atoms with E-state index < -0.39 is 5.97 Å².